The molecule has 0 bridgehead atoms. The van der Waals surface area contributed by atoms with Crippen molar-refractivity contribution in [1.29, 1.82) is 0 Å². The van der Waals surface area contributed by atoms with E-state index >= 15 is 0 Å². The van der Waals surface area contributed by atoms with Crippen LogP contribution in [-0.4, -0.2) is 29.9 Å². The van der Waals surface area contributed by atoms with Gasteiger partial charge in [0.05, 0.1) is 5.71 Å². The topological polar surface area (TPSA) is 91.7 Å². The van der Waals surface area contributed by atoms with Gasteiger partial charge in [-0.25, -0.2) is 5.84 Å². The Morgan fingerprint density at radius 2 is 2.17 bits per heavy atom. The molecule has 0 spiro atoms. The fraction of sp³-hybridized carbons (Fsp3) is 0.435. The summed E-state index contributed by atoms with van der Waals surface area (Å²) < 4.78 is 0.924. The monoisotopic (exact) mass is 474 g/mol. The Labute approximate surface area is 189 Å². The van der Waals surface area contributed by atoms with Crippen LogP contribution in [-0.2, 0) is 0 Å². The van der Waals surface area contributed by atoms with Crippen LogP contribution in [0.25, 0.3) is 0 Å². The SMILES string of the molecule is C/C(=C\N/N=C(\C)C1=CC=CCC=C1)CNC(C/C=C/N(N)CC1CC1)/C(Br)=C/N. The fourth-order valence-corrected chi connectivity index (χ4v) is 3.21. The Bertz CT molecular complexity index is 756. The van der Waals surface area contributed by atoms with E-state index in [-0.39, 0.29) is 6.04 Å². The maximum Gasteiger partial charge on any atom is 0.0648 e. The van der Waals surface area contributed by atoms with E-state index in [1.165, 1.54) is 12.8 Å². The highest BCUT2D eigenvalue weighted by Gasteiger charge is 2.22. The molecule has 30 heavy (non-hydrogen) atoms. The van der Waals surface area contributed by atoms with Gasteiger partial charge in [-0.1, -0.05) is 52.4 Å². The third kappa shape index (κ3) is 9.61. The van der Waals surface area contributed by atoms with Crippen molar-refractivity contribution in [2.75, 3.05) is 13.1 Å². The minimum atomic E-state index is 0.0854. The first-order valence-corrected chi connectivity index (χ1v) is 11.3. The number of hydrogen-bond donors (Lipinski definition) is 4. The third-order valence-electron chi connectivity index (χ3n) is 4.90. The van der Waals surface area contributed by atoms with E-state index in [0.717, 1.165) is 46.6 Å². The molecule has 0 radical (unpaired) electrons. The minimum Gasteiger partial charge on any atom is -0.404 e. The van der Waals surface area contributed by atoms with Crippen molar-refractivity contribution in [2.45, 2.75) is 45.6 Å². The number of nitrogens with two attached hydrogens (primary N) is 2. The van der Waals surface area contributed by atoms with Crippen LogP contribution < -0.4 is 22.3 Å². The number of hydrogen-bond acceptors (Lipinski definition) is 6. The predicted molar refractivity (Wildman–Crippen MR) is 131 cm³/mol. The van der Waals surface area contributed by atoms with Gasteiger partial charge in [0, 0.05) is 42.2 Å². The zero-order chi connectivity index (χ0) is 21.8. The predicted octanol–water partition coefficient (Wildman–Crippen LogP) is 3.94. The summed E-state index contributed by atoms with van der Waals surface area (Å²) in [4.78, 5) is 0. The summed E-state index contributed by atoms with van der Waals surface area (Å²) in [5, 5.41) is 9.73. The standard InChI is InChI=1S/C23H35BrN6/c1-18(16-28-29-19(2)21-8-5-3-4-6-9-21)15-27-23(22(24)14-25)10-7-13-30(26)17-20-11-12-20/h3,5-9,13-14,16,20,23,27-28H,4,10-12,15,17,25-26H2,1-2H3/b13-7+,18-16+,22-14-,29-19+. The van der Waals surface area contributed by atoms with Gasteiger partial charge < -0.3 is 16.1 Å². The number of nitrogens with one attached hydrogen (secondary N) is 2. The molecule has 7 heteroatoms. The highest BCUT2D eigenvalue weighted by molar-refractivity contribution is 9.11. The first-order valence-electron chi connectivity index (χ1n) is 10.5. The normalized spacial score (nSPS) is 19.1. The van der Waals surface area contributed by atoms with Crippen LogP contribution in [0.5, 0.6) is 0 Å². The molecule has 1 unspecified atom stereocenters. The molecular formula is C23H35BrN6. The molecule has 0 aromatic carbocycles. The molecule has 0 heterocycles. The Kier molecular flexibility index (Phi) is 10.7. The lowest BCUT2D eigenvalue weighted by molar-refractivity contribution is 0.373. The van der Waals surface area contributed by atoms with E-state index in [0.29, 0.717) is 6.54 Å². The molecule has 2 aliphatic carbocycles. The molecule has 164 valence electrons. The van der Waals surface area contributed by atoms with Crippen LogP contribution in [0, 0.1) is 5.92 Å². The molecule has 0 aromatic rings. The number of nitrogens with zero attached hydrogens (tertiary/aromatic N) is 2. The Hall–Kier alpha value is -2.09. The highest BCUT2D eigenvalue weighted by Crippen LogP contribution is 2.29. The van der Waals surface area contributed by atoms with E-state index in [4.69, 9.17) is 11.6 Å². The lowest BCUT2D eigenvalue weighted by atomic mass is 10.1. The van der Waals surface area contributed by atoms with Crippen LogP contribution in [0.15, 0.2) is 75.8 Å². The van der Waals surface area contributed by atoms with E-state index < -0.39 is 0 Å². The molecule has 6 nitrogen and oxygen atoms in total. The molecule has 0 saturated heterocycles. The lowest BCUT2D eigenvalue weighted by Gasteiger charge is -2.18. The highest BCUT2D eigenvalue weighted by atomic mass is 79.9. The lowest BCUT2D eigenvalue weighted by Crippen LogP contribution is -2.31. The van der Waals surface area contributed by atoms with E-state index in [1.54, 1.807) is 11.2 Å². The van der Waals surface area contributed by atoms with Gasteiger partial charge in [-0.3, -0.25) is 5.43 Å². The average Bonchev–Trinajstić information content (AvgIpc) is 3.56. The zero-order valence-corrected chi connectivity index (χ0v) is 19.6. The second kappa shape index (κ2) is 13.3. The number of hydrazone groups is 1. The van der Waals surface area contributed by atoms with Crippen LogP contribution in [0.4, 0.5) is 0 Å². The molecule has 1 saturated carbocycles. The van der Waals surface area contributed by atoms with Crippen molar-refractivity contribution in [3.05, 3.63) is 70.7 Å². The summed E-state index contributed by atoms with van der Waals surface area (Å²) >= 11 is 3.55. The van der Waals surface area contributed by atoms with Crippen molar-refractivity contribution >= 4 is 21.6 Å². The summed E-state index contributed by atoms with van der Waals surface area (Å²) in [6.45, 7) is 5.70. The second-order valence-electron chi connectivity index (χ2n) is 7.75. The van der Waals surface area contributed by atoms with Gasteiger partial charge in [0.2, 0.25) is 0 Å². The molecular weight excluding hydrogens is 440 g/mol. The van der Waals surface area contributed by atoms with Gasteiger partial charge in [-0.15, -0.1) is 0 Å². The van der Waals surface area contributed by atoms with Crippen molar-refractivity contribution in [2.24, 2.45) is 22.6 Å². The molecule has 2 rings (SSSR count). The van der Waals surface area contributed by atoms with Gasteiger partial charge in [-0.05, 0) is 56.6 Å². The van der Waals surface area contributed by atoms with Gasteiger partial charge in [-0.2, -0.15) is 5.10 Å². The first-order chi connectivity index (χ1) is 14.5. The molecule has 1 atom stereocenters. The Balaban J connectivity index is 1.81. The van der Waals surface area contributed by atoms with Crippen molar-refractivity contribution in [3.8, 4) is 0 Å². The fourth-order valence-electron chi connectivity index (χ4n) is 2.86. The number of allylic oxidation sites excluding steroid dienone is 6. The second-order valence-corrected chi connectivity index (χ2v) is 8.67. The smallest absolute Gasteiger partial charge is 0.0648 e. The van der Waals surface area contributed by atoms with Gasteiger partial charge in [0.25, 0.3) is 0 Å². The summed E-state index contributed by atoms with van der Waals surface area (Å²) in [5.41, 5.74) is 12.0. The molecule has 6 N–H and O–H groups in total. The van der Waals surface area contributed by atoms with E-state index in [1.807, 2.05) is 19.3 Å². The van der Waals surface area contributed by atoms with Crippen LogP contribution >= 0.6 is 15.9 Å². The number of hydrazine groups is 1. The van der Waals surface area contributed by atoms with E-state index in [2.05, 4.69) is 75.2 Å². The summed E-state index contributed by atoms with van der Waals surface area (Å²) in [5.74, 6) is 6.77. The maximum absolute atomic E-state index is 6.01. The van der Waals surface area contributed by atoms with Crippen molar-refractivity contribution in [3.63, 3.8) is 0 Å². The summed E-state index contributed by atoms with van der Waals surface area (Å²) in [6.07, 6.45) is 22.4. The summed E-state index contributed by atoms with van der Waals surface area (Å²) in [7, 11) is 0. The van der Waals surface area contributed by atoms with Gasteiger partial charge in [0.15, 0.2) is 0 Å². The zero-order valence-electron chi connectivity index (χ0n) is 18.0. The maximum atomic E-state index is 6.01. The Morgan fingerprint density at radius 1 is 1.37 bits per heavy atom. The molecule has 0 aromatic heterocycles. The molecule has 1 fully saturated rings. The molecule has 0 amide bonds. The third-order valence-corrected chi connectivity index (χ3v) is 5.71. The van der Waals surface area contributed by atoms with Crippen molar-refractivity contribution in [1.82, 2.24) is 15.8 Å². The quantitative estimate of drug-likeness (QED) is 0.195. The largest absolute Gasteiger partial charge is 0.404 e. The summed E-state index contributed by atoms with van der Waals surface area (Å²) in [6, 6.07) is 0.0854. The Morgan fingerprint density at radius 3 is 2.90 bits per heavy atom. The van der Waals surface area contributed by atoms with Crippen molar-refractivity contribution < 1.29 is 0 Å². The minimum absolute atomic E-state index is 0.0854. The van der Waals surface area contributed by atoms with Gasteiger partial charge >= 0.3 is 0 Å². The van der Waals surface area contributed by atoms with Crippen LogP contribution in [0.1, 0.15) is 39.5 Å². The molecule has 0 aliphatic heterocycles. The number of halogens is 1. The average molecular weight is 475 g/mol. The first kappa shape index (κ1) is 24.2. The molecule has 2 aliphatic rings. The van der Waals surface area contributed by atoms with Crippen LogP contribution in [0.2, 0.25) is 0 Å². The van der Waals surface area contributed by atoms with Crippen LogP contribution in [0.3, 0.4) is 0 Å². The van der Waals surface area contributed by atoms with Gasteiger partial charge in [0.1, 0.15) is 0 Å². The van der Waals surface area contributed by atoms with E-state index in [9.17, 15) is 0 Å². The number of rotatable bonds is 12.